The molecule has 21 heavy (non-hydrogen) atoms. The molecule has 0 amide bonds. The number of rotatable bonds is 4. The molecule has 0 aliphatic carbocycles. The van der Waals surface area contributed by atoms with E-state index in [0.717, 1.165) is 55.6 Å². The standard InChI is InChI=1S/C17H21N3O/c1-2-11-18-16-9-5-10-17(19-16)20-12-6-13-21-15-8-4-3-7-14(15)20/h3-5,7-10H,2,6,11-13H2,1H3,(H,18,19). The molecule has 0 spiro atoms. The molecule has 0 radical (unpaired) electrons. The van der Waals surface area contributed by atoms with Crippen LogP contribution in [0.4, 0.5) is 17.3 Å². The second-order valence-electron chi connectivity index (χ2n) is 5.13. The lowest BCUT2D eigenvalue weighted by Gasteiger charge is -2.23. The summed E-state index contributed by atoms with van der Waals surface area (Å²) in [5.41, 5.74) is 1.09. The molecular weight excluding hydrogens is 262 g/mol. The molecule has 0 bridgehead atoms. The lowest BCUT2D eigenvalue weighted by atomic mass is 10.2. The van der Waals surface area contributed by atoms with E-state index in [1.165, 1.54) is 0 Å². The van der Waals surface area contributed by atoms with Crippen molar-refractivity contribution in [1.82, 2.24) is 4.98 Å². The normalized spacial score (nSPS) is 14.0. The molecule has 0 atom stereocenters. The van der Waals surface area contributed by atoms with Crippen LogP contribution < -0.4 is 15.0 Å². The van der Waals surface area contributed by atoms with Crippen molar-refractivity contribution >= 4 is 17.3 Å². The smallest absolute Gasteiger partial charge is 0.142 e. The van der Waals surface area contributed by atoms with E-state index in [1.807, 2.05) is 24.3 Å². The van der Waals surface area contributed by atoms with Gasteiger partial charge in [0.15, 0.2) is 0 Å². The summed E-state index contributed by atoms with van der Waals surface area (Å²) < 4.78 is 5.81. The summed E-state index contributed by atoms with van der Waals surface area (Å²) in [6.45, 7) is 4.76. The fourth-order valence-corrected chi connectivity index (χ4v) is 2.49. The highest BCUT2D eigenvalue weighted by Gasteiger charge is 2.18. The van der Waals surface area contributed by atoms with Crippen molar-refractivity contribution < 1.29 is 4.74 Å². The molecule has 4 heteroatoms. The van der Waals surface area contributed by atoms with Crippen molar-refractivity contribution in [2.75, 3.05) is 29.9 Å². The first-order valence-electron chi connectivity index (χ1n) is 7.59. The Labute approximate surface area is 125 Å². The number of nitrogens with one attached hydrogen (secondary N) is 1. The minimum Gasteiger partial charge on any atom is -0.491 e. The molecule has 1 aliphatic heterocycles. The van der Waals surface area contributed by atoms with Crippen molar-refractivity contribution in [3.05, 3.63) is 42.5 Å². The van der Waals surface area contributed by atoms with Gasteiger partial charge < -0.3 is 15.0 Å². The van der Waals surface area contributed by atoms with Crippen LogP contribution in [0.15, 0.2) is 42.5 Å². The van der Waals surface area contributed by atoms with Crippen molar-refractivity contribution in [1.29, 1.82) is 0 Å². The van der Waals surface area contributed by atoms with Gasteiger partial charge in [-0.3, -0.25) is 0 Å². The second-order valence-corrected chi connectivity index (χ2v) is 5.13. The number of hydrogen-bond acceptors (Lipinski definition) is 4. The number of ether oxygens (including phenoxy) is 1. The number of para-hydroxylation sites is 2. The van der Waals surface area contributed by atoms with Gasteiger partial charge in [-0.25, -0.2) is 4.98 Å². The van der Waals surface area contributed by atoms with Crippen molar-refractivity contribution in [2.24, 2.45) is 0 Å². The molecule has 2 aromatic rings. The summed E-state index contributed by atoms with van der Waals surface area (Å²) in [4.78, 5) is 6.97. The number of benzene rings is 1. The minimum absolute atomic E-state index is 0.751. The minimum atomic E-state index is 0.751. The van der Waals surface area contributed by atoms with E-state index in [0.29, 0.717) is 0 Å². The van der Waals surface area contributed by atoms with Crippen LogP contribution in [0.3, 0.4) is 0 Å². The summed E-state index contributed by atoms with van der Waals surface area (Å²) in [6.07, 6.45) is 2.08. The van der Waals surface area contributed by atoms with Gasteiger partial charge in [0.1, 0.15) is 17.4 Å². The van der Waals surface area contributed by atoms with Gasteiger partial charge in [-0.1, -0.05) is 25.1 Å². The SMILES string of the molecule is CCCNc1cccc(N2CCCOc3ccccc32)n1. The van der Waals surface area contributed by atoms with E-state index in [4.69, 9.17) is 9.72 Å². The van der Waals surface area contributed by atoms with Gasteiger partial charge >= 0.3 is 0 Å². The van der Waals surface area contributed by atoms with E-state index in [-0.39, 0.29) is 0 Å². The van der Waals surface area contributed by atoms with Gasteiger partial charge in [0.2, 0.25) is 0 Å². The van der Waals surface area contributed by atoms with E-state index < -0.39 is 0 Å². The zero-order chi connectivity index (χ0) is 14.5. The molecule has 0 unspecified atom stereocenters. The Balaban J connectivity index is 1.92. The van der Waals surface area contributed by atoms with Gasteiger partial charge in [-0.2, -0.15) is 0 Å². The van der Waals surface area contributed by atoms with Gasteiger partial charge in [0.25, 0.3) is 0 Å². The fraction of sp³-hybridized carbons (Fsp3) is 0.353. The van der Waals surface area contributed by atoms with Crippen LogP contribution in [0.5, 0.6) is 5.75 Å². The zero-order valence-electron chi connectivity index (χ0n) is 12.4. The van der Waals surface area contributed by atoms with Crippen molar-refractivity contribution in [2.45, 2.75) is 19.8 Å². The van der Waals surface area contributed by atoms with Crippen LogP contribution in [0.2, 0.25) is 0 Å². The van der Waals surface area contributed by atoms with Crippen LogP contribution in [0, 0.1) is 0 Å². The van der Waals surface area contributed by atoms with Crippen LogP contribution in [-0.4, -0.2) is 24.7 Å². The Morgan fingerprint density at radius 2 is 2.10 bits per heavy atom. The van der Waals surface area contributed by atoms with Gasteiger partial charge in [-0.15, -0.1) is 0 Å². The topological polar surface area (TPSA) is 37.4 Å². The summed E-state index contributed by atoms with van der Waals surface area (Å²) in [7, 11) is 0. The molecule has 1 aromatic heterocycles. The Morgan fingerprint density at radius 3 is 3.00 bits per heavy atom. The lowest BCUT2D eigenvalue weighted by Crippen LogP contribution is -2.19. The molecule has 1 N–H and O–H groups in total. The van der Waals surface area contributed by atoms with Gasteiger partial charge in [0, 0.05) is 13.1 Å². The monoisotopic (exact) mass is 283 g/mol. The highest BCUT2D eigenvalue weighted by atomic mass is 16.5. The predicted octanol–water partition coefficient (Wildman–Crippen LogP) is 3.82. The van der Waals surface area contributed by atoms with E-state index in [9.17, 15) is 0 Å². The van der Waals surface area contributed by atoms with Crippen molar-refractivity contribution in [3.8, 4) is 5.75 Å². The molecule has 1 aliphatic rings. The fourth-order valence-electron chi connectivity index (χ4n) is 2.49. The third kappa shape index (κ3) is 3.10. The Hall–Kier alpha value is -2.23. The van der Waals surface area contributed by atoms with Crippen LogP contribution >= 0.6 is 0 Å². The van der Waals surface area contributed by atoms with E-state index in [1.54, 1.807) is 0 Å². The highest BCUT2D eigenvalue weighted by Crippen LogP contribution is 2.35. The van der Waals surface area contributed by atoms with Crippen LogP contribution in [-0.2, 0) is 0 Å². The maximum absolute atomic E-state index is 5.81. The average Bonchev–Trinajstić information content (AvgIpc) is 2.75. The Kier molecular flexibility index (Phi) is 4.24. The third-order valence-corrected chi connectivity index (χ3v) is 3.51. The second kappa shape index (κ2) is 6.48. The molecule has 0 fully saturated rings. The maximum atomic E-state index is 5.81. The largest absolute Gasteiger partial charge is 0.491 e. The first-order valence-corrected chi connectivity index (χ1v) is 7.59. The molecular formula is C17H21N3O. The summed E-state index contributed by atoms with van der Waals surface area (Å²) in [5.74, 6) is 2.83. The van der Waals surface area contributed by atoms with E-state index >= 15 is 0 Å². The first kappa shape index (κ1) is 13.7. The number of anilines is 3. The van der Waals surface area contributed by atoms with Crippen molar-refractivity contribution in [3.63, 3.8) is 0 Å². The molecule has 0 saturated carbocycles. The average molecular weight is 283 g/mol. The summed E-state index contributed by atoms with van der Waals surface area (Å²) >= 11 is 0. The zero-order valence-corrected chi connectivity index (χ0v) is 12.4. The molecule has 3 rings (SSSR count). The Bertz CT molecular complexity index is 600. The number of aromatic nitrogens is 1. The summed E-state index contributed by atoms with van der Waals surface area (Å²) in [5, 5.41) is 3.34. The molecule has 110 valence electrons. The third-order valence-electron chi connectivity index (χ3n) is 3.51. The summed E-state index contributed by atoms with van der Waals surface area (Å²) in [6, 6.07) is 14.3. The van der Waals surface area contributed by atoms with E-state index in [2.05, 4.69) is 35.3 Å². The molecule has 2 heterocycles. The first-order chi connectivity index (χ1) is 10.4. The lowest BCUT2D eigenvalue weighted by molar-refractivity contribution is 0.322. The van der Waals surface area contributed by atoms with Gasteiger partial charge in [0.05, 0.1) is 12.3 Å². The molecule has 1 aromatic carbocycles. The quantitative estimate of drug-likeness (QED) is 0.925. The number of nitrogens with zero attached hydrogens (tertiary/aromatic N) is 2. The number of pyridine rings is 1. The molecule has 4 nitrogen and oxygen atoms in total. The van der Waals surface area contributed by atoms with Crippen LogP contribution in [0.1, 0.15) is 19.8 Å². The predicted molar refractivity (Wildman–Crippen MR) is 86.6 cm³/mol. The van der Waals surface area contributed by atoms with Gasteiger partial charge in [-0.05, 0) is 37.1 Å². The van der Waals surface area contributed by atoms with Crippen LogP contribution in [0.25, 0.3) is 0 Å². The number of fused-ring (bicyclic) bond motifs is 1. The highest BCUT2D eigenvalue weighted by molar-refractivity contribution is 5.68. The maximum Gasteiger partial charge on any atom is 0.142 e. The number of hydrogen-bond donors (Lipinski definition) is 1. The molecule has 0 saturated heterocycles. The Morgan fingerprint density at radius 1 is 1.19 bits per heavy atom.